The van der Waals surface area contributed by atoms with Crippen molar-refractivity contribution < 1.29 is 9.53 Å². The number of carbonyl (C=O) groups excluding carboxylic acids is 1. The molecule has 2 aliphatic rings. The van der Waals surface area contributed by atoms with Crippen molar-refractivity contribution in [1.82, 2.24) is 19.8 Å². The van der Waals surface area contributed by atoms with Crippen molar-refractivity contribution in [2.45, 2.75) is 25.8 Å². The summed E-state index contributed by atoms with van der Waals surface area (Å²) in [6.07, 6.45) is 0. The molecule has 3 heterocycles. The number of nitrogens with two attached hydrogens (primary N) is 1. The number of aromatic nitrogens is 2. The number of nitrogens with zero attached hydrogens (tertiary/aromatic N) is 4. The topological polar surface area (TPSA) is 84.6 Å². The van der Waals surface area contributed by atoms with Crippen molar-refractivity contribution in [3.8, 4) is 5.75 Å². The summed E-state index contributed by atoms with van der Waals surface area (Å²) in [5, 5.41) is 0. The number of anilines is 1. The van der Waals surface area contributed by atoms with Crippen molar-refractivity contribution >= 4 is 11.9 Å². The first-order valence-electron chi connectivity index (χ1n) is 10.1. The molecule has 2 aliphatic heterocycles. The van der Waals surface area contributed by atoms with E-state index in [1.165, 1.54) is 5.56 Å². The number of hydrogen-bond acceptors (Lipinski definition) is 6. The maximum absolute atomic E-state index is 13.2. The number of likely N-dealkylation sites (tertiary alicyclic amines) is 2. The fourth-order valence-corrected chi connectivity index (χ4v) is 4.78. The lowest BCUT2D eigenvalue weighted by Crippen LogP contribution is -2.34. The summed E-state index contributed by atoms with van der Waals surface area (Å²) in [6.45, 7) is 6.53. The molecule has 2 saturated heterocycles. The smallest absolute Gasteiger partial charge is 0.272 e. The number of rotatable bonds is 4. The molecule has 1 amide bonds. The van der Waals surface area contributed by atoms with E-state index >= 15 is 0 Å². The second-order valence-corrected chi connectivity index (χ2v) is 8.48. The van der Waals surface area contributed by atoms with E-state index in [0.29, 0.717) is 23.6 Å². The van der Waals surface area contributed by atoms with E-state index in [9.17, 15) is 4.79 Å². The Labute approximate surface area is 171 Å². The normalized spacial score (nSPS) is 24.2. The van der Waals surface area contributed by atoms with Gasteiger partial charge in [-0.1, -0.05) is 26.0 Å². The second-order valence-electron chi connectivity index (χ2n) is 8.48. The number of fused-ring (bicyclic) bond motifs is 1. The first kappa shape index (κ1) is 19.6. The standard InChI is InChI=1S/C22H29N5O2/c1-13(2)18-9-19(25-22(23)24-18)21(28)27-11-15-10-26(3)20(17(15)12-27)14-5-7-16(29-4)8-6-14/h5-9,13,15,17,20H,10-12H2,1-4H3,(H2,23,24,25)/t15-,17+,20-/m0/s1. The number of hydrogen-bond donors (Lipinski definition) is 1. The summed E-state index contributed by atoms with van der Waals surface area (Å²) >= 11 is 0. The molecule has 0 bridgehead atoms. The van der Waals surface area contributed by atoms with Crippen LogP contribution in [0.1, 0.15) is 47.6 Å². The van der Waals surface area contributed by atoms with Crippen LogP contribution >= 0.6 is 0 Å². The summed E-state index contributed by atoms with van der Waals surface area (Å²) < 4.78 is 5.29. The molecule has 0 saturated carbocycles. The van der Waals surface area contributed by atoms with Gasteiger partial charge in [0.25, 0.3) is 5.91 Å². The zero-order valence-electron chi connectivity index (χ0n) is 17.5. The van der Waals surface area contributed by atoms with Crippen LogP contribution in [0.5, 0.6) is 5.75 Å². The largest absolute Gasteiger partial charge is 0.497 e. The maximum atomic E-state index is 13.2. The van der Waals surface area contributed by atoms with Gasteiger partial charge >= 0.3 is 0 Å². The summed E-state index contributed by atoms with van der Waals surface area (Å²) in [6, 6.07) is 10.4. The summed E-state index contributed by atoms with van der Waals surface area (Å²) in [5.74, 6) is 2.02. The molecular weight excluding hydrogens is 366 g/mol. The van der Waals surface area contributed by atoms with Crippen molar-refractivity contribution in [3.05, 3.63) is 47.3 Å². The fourth-order valence-electron chi connectivity index (χ4n) is 4.78. The third-order valence-electron chi connectivity index (χ3n) is 6.21. The highest BCUT2D eigenvalue weighted by Gasteiger charge is 2.47. The molecule has 1 aromatic heterocycles. The van der Waals surface area contributed by atoms with Gasteiger partial charge in [-0.25, -0.2) is 9.97 Å². The van der Waals surface area contributed by atoms with Crippen LogP contribution in [0.4, 0.5) is 5.95 Å². The van der Waals surface area contributed by atoms with Crippen LogP contribution < -0.4 is 10.5 Å². The van der Waals surface area contributed by atoms with Gasteiger partial charge in [0.1, 0.15) is 11.4 Å². The molecular formula is C22H29N5O2. The number of benzene rings is 1. The molecule has 0 aliphatic carbocycles. The average molecular weight is 396 g/mol. The van der Waals surface area contributed by atoms with Crippen LogP contribution in [0.15, 0.2) is 30.3 Å². The van der Waals surface area contributed by atoms with Gasteiger partial charge in [-0.2, -0.15) is 0 Å². The van der Waals surface area contributed by atoms with Crippen LogP contribution in [-0.4, -0.2) is 59.5 Å². The van der Waals surface area contributed by atoms with Gasteiger partial charge in [0.2, 0.25) is 5.95 Å². The molecule has 0 unspecified atom stereocenters. The van der Waals surface area contributed by atoms with E-state index in [2.05, 4.69) is 34.0 Å². The van der Waals surface area contributed by atoms with E-state index in [4.69, 9.17) is 10.5 Å². The monoisotopic (exact) mass is 395 g/mol. The predicted octanol–water partition coefficient (Wildman–Crippen LogP) is 2.57. The van der Waals surface area contributed by atoms with E-state index < -0.39 is 0 Å². The Morgan fingerprint density at radius 2 is 1.90 bits per heavy atom. The SMILES string of the molecule is COc1ccc([C@H]2[C@@H]3CN(C(=O)c4cc(C(C)C)nc(N)n4)C[C@@H]3CN2C)cc1. The number of carbonyl (C=O) groups is 1. The highest BCUT2D eigenvalue weighted by Crippen LogP contribution is 2.44. The van der Waals surface area contributed by atoms with E-state index in [1.807, 2.05) is 30.9 Å². The molecule has 7 nitrogen and oxygen atoms in total. The lowest BCUT2D eigenvalue weighted by Gasteiger charge is -2.27. The van der Waals surface area contributed by atoms with Crippen LogP contribution in [0, 0.1) is 11.8 Å². The first-order valence-corrected chi connectivity index (χ1v) is 10.1. The van der Waals surface area contributed by atoms with Crippen LogP contribution in [0.25, 0.3) is 0 Å². The quantitative estimate of drug-likeness (QED) is 0.857. The Hall–Kier alpha value is -2.67. The molecule has 154 valence electrons. The summed E-state index contributed by atoms with van der Waals surface area (Å²) in [7, 11) is 3.84. The average Bonchev–Trinajstić information content (AvgIpc) is 3.23. The molecule has 7 heteroatoms. The molecule has 4 rings (SSSR count). The minimum atomic E-state index is -0.0495. The molecule has 2 fully saturated rings. The lowest BCUT2D eigenvalue weighted by atomic mass is 9.89. The van der Waals surface area contributed by atoms with Gasteiger partial charge in [0.05, 0.1) is 7.11 Å². The van der Waals surface area contributed by atoms with Crippen molar-refractivity contribution in [2.75, 3.05) is 39.5 Å². The molecule has 1 aromatic carbocycles. The molecule has 2 aromatic rings. The van der Waals surface area contributed by atoms with E-state index in [0.717, 1.165) is 31.1 Å². The highest BCUT2D eigenvalue weighted by molar-refractivity contribution is 5.93. The molecule has 29 heavy (non-hydrogen) atoms. The highest BCUT2D eigenvalue weighted by atomic mass is 16.5. The Morgan fingerprint density at radius 1 is 1.17 bits per heavy atom. The summed E-state index contributed by atoms with van der Waals surface area (Å²) in [5.41, 5.74) is 8.32. The van der Waals surface area contributed by atoms with Gasteiger partial charge in [-0.05, 0) is 42.6 Å². The van der Waals surface area contributed by atoms with Crippen molar-refractivity contribution in [2.24, 2.45) is 11.8 Å². The number of ether oxygens (including phenoxy) is 1. The number of amides is 1. The van der Waals surface area contributed by atoms with Crippen LogP contribution in [0.3, 0.4) is 0 Å². The zero-order valence-corrected chi connectivity index (χ0v) is 17.5. The Bertz CT molecular complexity index is 899. The number of nitrogen functional groups attached to an aromatic ring is 1. The zero-order chi connectivity index (χ0) is 20.7. The van der Waals surface area contributed by atoms with Crippen LogP contribution in [-0.2, 0) is 0 Å². The minimum absolute atomic E-state index is 0.0495. The molecule has 3 atom stereocenters. The Morgan fingerprint density at radius 3 is 2.55 bits per heavy atom. The van der Waals surface area contributed by atoms with E-state index in [1.54, 1.807) is 13.2 Å². The van der Waals surface area contributed by atoms with Gasteiger partial charge in [0.15, 0.2) is 0 Å². The second kappa shape index (κ2) is 7.63. The Balaban J connectivity index is 1.54. The molecule has 0 radical (unpaired) electrons. The van der Waals surface area contributed by atoms with Gasteiger partial charge < -0.3 is 15.4 Å². The first-order chi connectivity index (χ1) is 13.9. The predicted molar refractivity (Wildman–Crippen MR) is 112 cm³/mol. The maximum Gasteiger partial charge on any atom is 0.272 e. The Kier molecular flexibility index (Phi) is 5.17. The fraction of sp³-hybridized carbons (Fsp3) is 0.500. The van der Waals surface area contributed by atoms with Crippen molar-refractivity contribution in [1.29, 1.82) is 0 Å². The van der Waals surface area contributed by atoms with Gasteiger partial charge in [0, 0.05) is 37.3 Å². The van der Waals surface area contributed by atoms with E-state index in [-0.39, 0.29) is 17.8 Å². The third kappa shape index (κ3) is 3.67. The van der Waals surface area contributed by atoms with Gasteiger partial charge in [-0.15, -0.1) is 0 Å². The minimum Gasteiger partial charge on any atom is -0.497 e. The third-order valence-corrected chi connectivity index (χ3v) is 6.21. The summed E-state index contributed by atoms with van der Waals surface area (Å²) in [4.78, 5) is 26.0. The molecule has 0 spiro atoms. The number of methoxy groups -OCH3 is 1. The molecule has 2 N–H and O–H groups in total. The van der Waals surface area contributed by atoms with Gasteiger partial charge in [-0.3, -0.25) is 9.69 Å². The van der Waals surface area contributed by atoms with Crippen LogP contribution in [0.2, 0.25) is 0 Å². The lowest BCUT2D eigenvalue weighted by molar-refractivity contribution is 0.0762. The van der Waals surface area contributed by atoms with Crippen molar-refractivity contribution in [3.63, 3.8) is 0 Å².